The first-order valence-electron chi connectivity index (χ1n) is 8.42. The van der Waals surface area contributed by atoms with Crippen LogP contribution in [0.4, 0.5) is 0 Å². The molecule has 1 saturated heterocycles. The van der Waals surface area contributed by atoms with Gasteiger partial charge >= 0.3 is 0 Å². The van der Waals surface area contributed by atoms with Crippen molar-refractivity contribution in [3.8, 4) is 0 Å². The van der Waals surface area contributed by atoms with E-state index in [9.17, 15) is 0 Å². The molecule has 0 aromatic carbocycles. The van der Waals surface area contributed by atoms with E-state index < -0.39 is 0 Å². The average Bonchev–Trinajstić information content (AvgIpc) is 3.07. The molecule has 0 N–H and O–H groups in total. The largest absolute Gasteiger partial charge is 0.334 e. The number of aromatic nitrogens is 4. The zero-order valence-electron chi connectivity index (χ0n) is 14.0. The third-order valence-corrected chi connectivity index (χ3v) is 4.72. The summed E-state index contributed by atoms with van der Waals surface area (Å²) >= 11 is 0. The van der Waals surface area contributed by atoms with Gasteiger partial charge in [-0.25, -0.2) is 4.98 Å². The molecule has 1 aliphatic heterocycles. The van der Waals surface area contributed by atoms with Crippen LogP contribution in [-0.2, 0) is 19.6 Å². The van der Waals surface area contributed by atoms with Gasteiger partial charge in [0.2, 0.25) is 0 Å². The monoisotopic (exact) mass is 301 g/mol. The molecule has 5 heteroatoms. The van der Waals surface area contributed by atoms with Crippen molar-refractivity contribution in [1.29, 1.82) is 0 Å². The van der Waals surface area contributed by atoms with Gasteiger partial charge in [0.15, 0.2) is 0 Å². The van der Waals surface area contributed by atoms with Gasteiger partial charge in [-0.3, -0.25) is 9.58 Å². The first-order chi connectivity index (χ1) is 10.7. The minimum Gasteiger partial charge on any atom is -0.334 e. The lowest BCUT2D eigenvalue weighted by Gasteiger charge is -2.35. The summed E-state index contributed by atoms with van der Waals surface area (Å²) in [5.41, 5.74) is 2.37. The SMILES string of the molecule is CCn1ccnc1CN1CCCC[C@H]1Cn1nc(C)cc1C. The number of piperidine rings is 1. The second kappa shape index (κ2) is 6.65. The zero-order valence-corrected chi connectivity index (χ0v) is 14.0. The van der Waals surface area contributed by atoms with Crippen molar-refractivity contribution >= 4 is 0 Å². The summed E-state index contributed by atoms with van der Waals surface area (Å²) in [5, 5.41) is 4.64. The lowest BCUT2D eigenvalue weighted by Crippen LogP contribution is -2.42. The molecule has 120 valence electrons. The molecule has 5 nitrogen and oxygen atoms in total. The van der Waals surface area contributed by atoms with E-state index in [1.807, 2.05) is 6.20 Å². The molecule has 0 saturated carbocycles. The molecule has 1 fully saturated rings. The molecule has 22 heavy (non-hydrogen) atoms. The standard InChI is InChI=1S/C17H27N5/c1-4-20-10-8-18-17(20)13-21-9-6-5-7-16(21)12-22-15(3)11-14(2)19-22/h8,10-11,16H,4-7,9,12-13H2,1-3H3/t16-/m0/s1. The molecule has 3 heterocycles. The van der Waals surface area contributed by atoms with Crippen LogP contribution in [0.15, 0.2) is 18.5 Å². The van der Waals surface area contributed by atoms with Gasteiger partial charge in [0, 0.05) is 30.7 Å². The molecular weight excluding hydrogens is 274 g/mol. The van der Waals surface area contributed by atoms with Gasteiger partial charge in [-0.05, 0) is 46.2 Å². The first-order valence-corrected chi connectivity index (χ1v) is 8.42. The van der Waals surface area contributed by atoms with E-state index in [1.54, 1.807) is 0 Å². The zero-order chi connectivity index (χ0) is 15.5. The predicted octanol–water partition coefficient (Wildman–Crippen LogP) is 2.77. The number of rotatable bonds is 5. The second-order valence-electron chi connectivity index (χ2n) is 6.36. The summed E-state index contributed by atoms with van der Waals surface area (Å²) in [7, 11) is 0. The van der Waals surface area contributed by atoms with E-state index >= 15 is 0 Å². The minimum absolute atomic E-state index is 0.564. The Morgan fingerprint density at radius 3 is 2.86 bits per heavy atom. The molecule has 2 aromatic rings. The number of likely N-dealkylation sites (tertiary alicyclic amines) is 1. The molecule has 0 bridgehead atoms. The summed E-state index contributed by atoms with van der Waals surface area (Å²) in [5.74, 6) is 1.18. The summed E-state index contributed by atoms with van der Waals surface area (Å²) < 4.78 is 4.42. The fraction of sp³-hybridized carbons (Fsp3) is 0.647. The highest BCUT2D eigenvalue weighted by molar-refractivity contribution is 5.07. The van der Waals surface area contributed by atoms with E-state index in [0.29, 0.717) is 6.04 Å². The molecule has 2 aromatic heterocycles. The molecule has 1 atom stereocenters. The topological polar surface area (TPSA) is 38.9 Å². The van der Waals surface area contributed by atoms with Crippen LogP contribution in [0.1, 0.15) is 43.4 Å². The van der Waals surface area contributed by atoms with Crippen molar-refractivity contribution in [3.63, 3.8) is 0 Å². The Hall–Kier alpha value is -1.62. The molecule has 0 amide bonds. The number of hydrogen-bond acceptors (Lipinski definition) is 3. The van der Waals surface area contributed by atoms with Crippen molar-refractivity contribution in [2.75, 3.05) is 6.54 Å². The van der Waals surface area contributed by atoms with Crippen LogP contribution in [-0.4, -0.2) is 36.8 Å². The van der Waals surface area contributed by atoms with Crippen LogP contribution < -0.4 is 0 Å². The smallest absolute Gasteiger partial charge is 0.122 e. The molecule has 0 radical (unpaired) electrons. The van der Waals surface area contributed by atoms with Gasteiger partial charge in [0.25, 0.3) is 0 Å². The van der Waals surface area contributed by atoms with Crippen LogP contribution in [0.2, 0.25) is 0 Å². The summed E-state index contributed by atoms with van der Waals surface area (Å²) in [6.45, 7) is 10.5. The first kappa shape index (κ1) is 15.3. The van der Waals surface area contributed by atoms with E-state index in [4.69, 9.17) is 0 Å². The molecule has 0 unspecified atom stereocenters. The highest BCUT2D eigenvalue weighted by Gasteiger charge is 2.24. The average molecular weight is 301 g/mol. The van der Waals surface area contributed by atoms with E-state index in [-0.39, 0.29) is 0 Å². The fourth-order valence-corrected chi connectivity index (χ4v) is 3.50. The lowest BCUT2D eigenvalue weighted by atomic mass is 10.0. The van der Waals surface area contributed by atoms with Crippen LogP contribution in [0.3, 0.4) is 0 Å². The fourth-order valence-electron chi connectivity index (χ4n) is 3.50. The Balaban J connectivity index is 1.72. The van der Waals surface area contributed by atoms with Crippen molar-refractivity contribution in [2.45, 2.75) is 65.7 Å². The van der Waals surface area contributed by atoms with Gasteiger partial charge in [0.05, 0.1) is 18.8 Å². The van der Waals surface area contributed by atoms with Crippen molar-refractivity contribution in [1.82, 2.24) is 24.2 Å². The number of imidazole rings is 1. The predicted molar refractivity (Wildman–Crippen MR) is 87.7 cm³/mol. The van der Waals surface area contributed by atoms with Crippen LogP contribution in [0.25, 0.3) is 0 Å². The number of nitrogens with zero attached hydrogens (tertiary/aromatic N) is 5. The van der Waals surface area contributed by atoms with Gasteiger partial charge < -0.3 is 4.57 Å². The Morgan fingerprint density at radius 1 is 1.27 bits per heavy atom. The normalized spacial score (nSPS) is 19.7. The van der Waals surface area contributed by atoms with Crippen LogP contribution in [0.5, 0.6) is 0 Å². The highest BCUT2D eigenvalue weighted by atomic mass is 15.3. The van der Waals surface area contributed by atoms with Gasteiger partial charge in [-0.15, -0.1) is 0 Å². The lowest BCUT2D eigenvalue weighted by molar-refractivity contribution is 0.117. The molecule has 1 aliphatic rings. The van der Waals surface area contributed by atoms with Crippen molar-refractivity contribution in [2.24, 2.45) is 0 Å². The summed E-state index contributed by atoms with van der Waals surface area (Å²) in [6.07, 6.45) is 7.86. The quantitative estimate of drug-likeness (QED) is 0.852. The van der Waals surface area contributed by atoms with Gasteiger partial charge in [-0.2, -0.15) is 5.10 Å². The molecule has 3 rings (SSSR count). The van der Waals surface area contributed by atoms with Crippen molar-refractivity contribution < 1.29 is 0 Å². The van der Waals surface area contributed by atoms with E-state index in [2.05, 4.69) is 57.3 Å². The third kappa shape index (κ3) is 3.24. The van der Waals surface area contributed by atoms with Gasteiger partial charge in [-0.1, -0.05) is 6.42 Å². The van der Waals surface area contributed by atoms with E-state index in [0.717, 1.165) is 25.3 Å². The Morgan fingerprint density at radius 2 is 2.14 bits per heavy atom. The minimum atomic E-state index is 0.564. The maximum absolute atomic E-state index is 4.64. The Labute approximate surface area is 133 Å². The molecular formula is C17H27N5. The Kier molecular flexibility index (Phi) is 4.62. The Bertz CT molecular complexity index is 612. The summed E-state index contributed by atoms with van der Waals surface area (Å²) in [6, 6.07) is 2.73. The van der Waals surface area contributed by atoms with Gasteiger partial charge in [0.1, 0.15) is 5.82 Å². The highest BCUT2D eigenvalue weighted by Crippen LogP contribution is 2.21. The van der Waals surface area contributed by atoms with Crippen LogP contribution >= 0.6 is 0 Å². The number of aryl methyl sites for hydroxylation is 3. The summed E-state index contributed by atoms with van der Waals surface area (Å²) in [4.78, 5) is 7.13. The van der Waals surface area contributed by atoms with E-state index in [1.165, 1.54) is 37.3 Å². The molecule has 0 aliphatic carbocycles. The number of hydrogen-bond donors (Lipinski definition) is 0. The third-order valence-electron chi connectivity index (χ3n) is 4.72. The van der Waals surface area contributed by atoms with Crippen molar-refractivity contribution in [3.05, 3.63) is 35.7 Å². The molecule has 0 spiro atoms. The van der Waals surface area contributed by atoms with Crippen LogP contribution in [0, 0.1) is 13.8 Å². The maximum atomic E-state index is 4.64. The maximum Gasteiger partial charge on any atom is 0.122 e. The second-order valence-corrected chi connectivity index (χ2v) is 6.36.